The van der Waals surface area contributed by atoms with Crippen molar-refractivity contribution in [2.24, 2.45) is 0 Å². The number of ether oxygens (including phenoxy) is 1. The second-order valence-corrected chi connectivity index (χ2v) is 8.51. The van der Waals surface area contributed by atoms with Crippen LogP contribution < -0.4 is 4.74 Å². The van der Waals surface area contributed by atoms with Crippen LogP contribution in [0.15, 0.2) is 78.9 Å². The predicted molar refractivity (Wildman–Crippen MR) is 132 cm³/mol. The number of allylic oxidation sites excluding steroid dienone is 1. The van der Waals surface area contributed by atoms with Crippen molar-refractivity contribution in [2.75, 3.05) is 27.2 Å². The molecule has 0 bridgehead atoms. The summed E-state index contributed by atoms with van der Waals surface area (Å²) < 4.78 is 7.13. The van der Waals surface area contributed by atoms with Crippen molar-refractivity contribution < 1.29 is 4.74 Å². The van der Waals surface area contributed by atoms with Crippen LogP contribution in [0.5, 0.6) is 5.75 Å². The van der Waals surface area contributed by atoms with E-state index in [0.29, 0.717) is 6.61 Å². The zero-order valence-corrected chi connectivity index (χ0v) is 19.5. The van der Waals surface area contributed by atoms with Gasteiger partial charge in [0.15, 0.2) is 0 Å². The SMILES string of the molecule is CCC(=C(c1ccc(OCCN(C)C)cc1)c1cccc(I)c1)c1ccccc1. The van der Waals surface area contributed by atoms with Crippen molar-refractivity contribution in [1.29, 1.82) is 0 Å². The highest BCUT2D eigenvalue weighted by Crippen LogP contribution is 2.35. The monoisotopic (exact) mass is 497 g/mol. The maximum Gasteiger partial charge on any atom is 0.119 e. The van der Waals surface area contributed by atoms with Gasteiger partial charge in [0, 0.05) is 10.1 Å². The van der Waals surface area contributed by atoms with Gasteiger partial charge < -0.3 is 9.64 Å². The third-order valence-electron chi connectivity index (χ3n) is 4.84. The van der Waals surface area contributed by atoms with Gasteiger partial charge >= 0.3 is 0 Å². The van der Waals surface area contributed by atoms with E-state index in [0.717, 1.165) is 18.7 Å². The largest absolute Gasteiger partial charge is 0.492 e. The van der Waals surface area contributed by atoms with Crippen LogP contribution in [-0.2, 0) is 0 Å². The van der Waals surface area contributed by atoms with Crippen molar-refractivity contribution >= 4 is 33.7 Å². The van der Waals surface area contributed by atoms with Gasteiger partial charge in [-0.1, -0.05) is 61.5 Å². The Morgan fingerprint density at radius 1 is 0.828 bits per heavy atom. The Bertz CT molecular complexity index is 946. The van der Waals surface area contributed by atoms with Crippen molar-refractivity contribution in [1.82, 2.24) is 4.90 Å². The lowest BCUT2D eigenvalue weighted by Crippen LogP contribution is -2.19. The molecule has 3 aromatic carbocycles. The Balaban J connectivity index is 2.03. The Kier molecular flexibility index (Phi) is 7.90. The average Bonchev–Trinajstić information content (AvgIpc) is 2.73. The second kappa shape index (κ2) is 10.6. The third kappa shape index (κ3) is 5.94. The van der Waals surface area contributed by atoms with Gasteiger partial charge in [-0.25, -0.2) is 0 Å². The van der Waals surface area contributed by atoms with E-state index in [1.807, 2.05) is 0 Å². The fraction of sp³-hybridized carbons (Fsp3) is 0.231. The van der Waals surface area contributed by atoms with Crippen LogP contribution >= 0.6 is 22.6 Å². The van der Waals surface area contributed by atoms with Crippen molar-refractivity contribution in [3.63, 3.8) is 0 Å². The first-order chi connectivity index (χ1) is 14.1. The minimum Gasteiger partial charge on any atom is -0.492 e. The van der Waals surface area contributed by atoms with Crippen LogP contribution in [0, 0.1) is 3.57 Å². The summed E-state index contributed by atoms with van der Waals surface area (Å²) >= 11 is 2.39. The van der Waals surface area contributed by atoms with E-state index in [1.165, 1.54) is 31.4 Å². The molecule has 3 aromatic rings. The minimum atomic E-state index is 0.691. The molecule has 0 aliphatic carbocycles. The first kappa shape index (κ1) is 21.6. The first-order valence-electron chi connectivity index (χ1n) is 10.0. The zero-order chi connectivity index (χ0) is 20.6. The summed E-state index contributed by atoms with van der Waals surface area (Å²) in [6.07, 6.45) is 0.964. The molecule has 0 unspecified atom stereocenters. The molecule has 0 N–H and O–H groups in total. The van der Waals surface area contributed by atoms with Crippen LogP contribution in [0.3, 0.4) is 0 Å². The fourth-order valence-corrected chi connectivity index (χ4v) is 3.93. The Morgan fingerprint density at radius 3 is 2.14 bits per heavy atom. The lowest BCUT2D eigenvalue weighted by Gasteiger charge is -2.17. The van der Waals surface area contributed by atoms with E-state index < -0.39 is 0 Å². The van der Waals surface area contributed by atoms with Gasteiger partial charge in [-0.05, 0) is 95.2 Å². The summed E-state index contributed by atoms with van der Waals surface area (Å²) in [5.41, 5.74) is 6.38. The molecule has 3 heteroatoms. The van der Waals surface area contributed by atoms with Crippen LogP contribution in [-0.4, -0.2) is 32.1 Å². The number of halogens is 1. The van der Waals surface area contributed by atoms with E-state index in [9.17, 15) is 0 Å². The summed E-state index contributed by atoms with van der Waals surface area (Å²) in [5, 5.41) is 0. The van der Waals surface area contributed by atoms with Crippen molar-refractivity contribution in [3.8, 4) is 5.75 Å². The molecule has 0 aliphatic rings. The minimum absolute atomic E-state index is 0.691. The number of hydrogen-bond acceptors (Lipinski definition) is 2. The molecule has 150 valence electrons. The van der Waals surface area contributed by atoms with Gasteiger partial charge in [0.05, 0.1) is 0 Å². The van der Waals surface area contributed by atoms with Crippen LogP contribution in [0.2, 0.25) is 0 Å². The van der Waals surface area contributed by atoms with Gasteiger partial charge in [0.2, 0.25) is 0 Å². The molecule has 0 spiro atoms. The summed E-state index contributed by atoms with van der Waals surface area (Å²) in [6.45, 7) is 3.83. The summed E-state index contributed by atoms with van der Waals surface area (Å²) in [6, 6.07) is 27.9. The highest BCUT2D eigenvalue weighted by atomic mass is 127. The predicted octanol–water partition coefficient (Wildman–Crippen LogP) is 6.60. The third-order valence-corrected chi connectivity index (χ3v) is 5.51. The van der Waals surface area contributed by atoms with Gasteiger partial charge in [-0.3, -0.25) is 0 Å². The number of nitrogens with zero attached hydrogens (tertiary/aromatic N) is 1. The summed E-state index contributed by atoms with van der Waals surface area (Å²) in [5.74, 6) is 0.912. The Hall–Kier alpha value is -2.11. The normalized spacial score (nSPS) is 12.0. The Labute approximate surface area is 188 Å². The van der Waals surface area contributed by atoms with Crippen LogP contribution in [0.1, 0.15) is 30.0 Å². The molecule has 3 rings (SSSR count). The molecule has 0 saturated carbocycles. The van der Waals surface area contributed by atoms with E-state index in [4.69, 9.17) is 4.74 Å². The topological polar surface area (TPSA) is 12.5 Å². The van der Waals surface area contributed by atoms with E-state index >= 15 is 0 Å². The molecule has 0 fully saturated rings. The quantitative estimate of drug-likeness (QED) is 0.257. The number of rotatable bonds is 8. The summed E-state index contributed by atoms with van der Waals surface area (Å²) in [7, 11) is 4.11. The van der Waals surface area contributed by atoms with Gasteiger partial charge in [0.25, 0.3) is 0 Å². The maximum absolute atomic E-state index is 5.89. The highest BCUT2D eigenvalue weighted by molar-refractivity contribution is 14.1. The number of likely N-dealkylation sites (N-methyl/N-ethyl adjacent to an activating group) is 1. The molecule has 0 heterocycles. The van der Waals surface area contributed by atoms with E-state index in [-0.39, 0.29) is 0 Å². The van der Waals surface area contributed by atoms with E-state index in [2.05, 4.69) is 127 Å². The van der Waals surface area contributed by atoms with E-state index in [1.54, 1.807) is 0 Å². The van der Waals surface area contributed by atoms with Gasteiger partial charge in [-0.15, -0.1) is 0 Å². The molecule has 0 radical (unpaired) electrons. The number of benzene rings is 3. The molecular weight excluding hydrogens is 469 g/mol. The molecule has 2 nitrogen and oxygen atoms in total. The average molecular weight is 497 g/mol. The molecule has 0 amide bonds. The number of hydrogen-bond donors (Lipinski definition) is 0. The lowest BCUT2D eigenvalue weighted by atomic mass is 9.88. The molecule has 0 atom stereocenters. The smallest absolute Gasteiger partial charge is 0.119 e. The van der Waals surface area contributed by atoms with Crippen molar-refractivity contribution in [2.45, 2.75) is 13.3 Å². The standard InChI is InChI=1S/C26H28INO/c1-4-25(20-9-6-5-7-10-20)26(22-11-8-12-23(27)19-22)21-13-15-24(16-14-21)29-18-17-28(2)3/h5-16,19H,4,17-18H2,1-3H3. The van der Waals surface area contributed by atoms with Crippen LogP contribution in [0.4, 0.5) is 0 Å². The lowest BCUT2D eigenvalue weighted by molar-refractivity contribution is 0.261. The zero-order valence-electron chi connectivity index (χ0n) is 17.4. The molecule has 29 heavy (non-hydrogen) atoms. The molecule has 0 aliphatic heterocycles. The summed E-state index contributed by atoms with van der Waals surface area (Å²) in [4.78, 5) is 2.12. The van der Waals surface area contributed by atoms with Crippen LogP contribution in [0.25, 0.3) is 11.1 Å². The van der Waals surface area contributed by atoms with Gasteiger partial charge in [0.1, 0.15) is 12.4 Å². The Morgan fingerprint density at radius 2 is 1.52 bits per heavy atom. The first-order valence-corrected chi connectivity index (χ1v) is 11.1. The molecular formula is C26H28INO. The highest BCUT2D eigenvalue weighted by Gasteiger charge is 2.13. The maximum atomic E-state index is 5.89. The van der Waals surface area contributed by atoms with Gasteiger partial charge in [-0.2, -0.15) is 0 Å². The van der Waals surface area contributed by atoms with Crippen molar-refractivity contribution in [3.05, 3.63) is 99.1 Å². The fourth-order valence-electron chi connectivity index (χ4n) is 3.39. The molecule has 0 aromatic heterocycles. The second-order valence-electron chi connectivity index (χ2n) is 7.26. The molecule has 0 saturated heterocycles.